The molecule has 0 aromatic rings. The summed E-state index contributed by atoms with van der Waals surface area (Å²) in [5.41, 5.74) is 0.777. The van der Waals surface area contributed by atoms with Gasteiger partial charge in [0.25, 0.3) is 0 Å². The quantitative estimate of drug-likeness (QED) is 0.825. The lowest BCUT2D eigenvalue weighted by Gasteiger charge is -2.36. The SMILES string of the molecule is CCCC1CCCCN1CC1CC12CCNCC2. The maximum Gasteiger partial charge on any atom is 0.00952 e. The van der Waals surface area contributed by atoms with Crippen LogP contribution < -0.4 is 5.32 Å². The van der Waals surface area contributed by atoms with Crippen molar-refractivity contribution in [3.05, 3.63) is 0 Å². The van der Waals surface area contributed by atoms with Crippen LogP contribution in [0.25, 0.3) is 0 Å². The molecule has 2 unspecified atom stereocenters. The zero-order valence-electron chi connectivity index (χ0n) is 12.1. The van der Waals surface area contributed by atoms with Crippen LogP contribution >= 0.6 is 0 Å². The van der Waals surface area contributed by atoms with Crippen molar-refractivity contribution in [3.8, 4) is 0 Å². The lowest BCUT2D eigenvalue weighted by Crippen LogP contribution is -2.41. The molecule has 0 aromatic heterocycles. The molecular weight excluding hydrogens is 220 g/mol. The van der Waals surface area contributed by atoms with Gasteiger partial charge in [-0.2, -0.15) is 0 Å². The first kappa shape index (κ1) is 12.9. The van der Waals surface area contributed by atoms with Gasteiger partial charge in [0.2, 0.25) is 0 Å². The third kappa shape index (κ3) is 2.60. The van der Waals surface area contributed by atoms with Gasteiger partial charge in [0.05, 0.1) is 0 Å². The van der Waals surface area contributed by atoms with E-state index in [0.717, 1.165) is 17.4 Å². The Hall–Kier alpha value is -0.0800. The Bertz CT molecular complexity index is 268. The predicted octanol–water partition coefficient (Wildman–Crippen LogP) is 3.03. The van der Waals surface area contributed by atoms with Gasteiger partial charge in [-0.1, -0.05) is 19.8 Å². The number of nitrogens with zero attached hydrogens (tertiary/aromatic N) is 1. The lowest BCUT2D eigenvalue weighted by atomic mass is 9.91. The van der Waals surface area contributed by atoms with Gasteiger partial charge in [0, 0.05) is 12.6 Å². The summed E-state index contributed by atoms with van der Waals surface area (Å²) in [5.74, 6) is 1.04. The van der Waals surface area contributed by atoms with E-state index in [0.29, 0.717) is 0 Å². The molecule has 2 saturated heterocycles. The summed E-state index contributed by atoms with van der Waals surface area (Å²) in [6, 6.07) is 0.920. The van der Waals surface area contributed by atoms with Crippen LogP contribution in [-0.4, -0.2) is 37.1 Å². The Labute approximate surface area is 113 Å². The average Bonchev–Trinajstić information content (AvgIpc) is 3.05. The Morgan fingerprint density at radius 3 is 2.83 bits per heavy atom. The molecule has 0 bridgehead atoms. The molecule has 2 atom stereocenters. The van der Waals surface area contributed by atoms with E-state index >= 15 is 0 Å². The van der Waals surface area contributed by atoms with Crippen molar-refractivity contribution < 1.29 is 0 Å². The van der Waals surface area contributed by atoms with Gasteiger partial charge >= 0.3 is 0 Å². The van der Waals surface area contributed by atoms with Gasteiger partial charge in [-0.3, -0.25) is 0 Å². The van der Waals surface area contributed by atoms with E-state index in [1.165, 1.54) is 77.5 Å². The molecule has 1 saturated carbocycles. The largest absolute Gasteiger partial charge is 0.317 e. The van der Waals surface area contributed by atoms with Gasteiger partial charge in [-0.25, -0.2) is 0 Å². The zero-order valence-corrected chi connectivity index (χ0v) is 12.1. The van der Waals surface area contributed by atoms with Crippen molar-refractivity contribution in [2.24, 2.45) is 11.3 Å². The van der Waals surface area contributed by atoms with Gasteiger partial charge < -0.3 is 10.2 Å². The topological polar surface area (TPSA) is 15.3 Å². The summed E-state index contributed by atoms with van der Waals surface area (Å²) in [6.45, 7) is 7.70. The van der Waals surface area contributed by atoms with Crippen molar-refractivity contribution >= 4 is 0 Å². The van der Waals surface area contributed by atoms with Crippen molar-refractivity contribution in [2.75, 3.05) is 26.2 Å². The minimum absolute atomic E-state index is 0.777. The van der Waals surface area contributed by atoms with Crippen molar-refractivity contribution in [3.63, 3.8) is 0 Å². The molecule has 0 amide bonds. The van der Waals surface area contributed by atoms with E-state index in [1.54, 1.807) is 0 Å². The van der Waals surface area contributed by atoms with Gasteiger partial charge in [0.1, 0.15) is 0 Å². The number of hydrogen-bond donors (Lipinski definition) is 1. The van der Waals surface area contributed by atoms with Crippen molar-refractivity contribution in [2.45, 2.75) is 64.3 Å². The maximum atomic E-state index is 3.52. The number of nitrogens with one attached hydrogen (secondary N) is 1. The summed E-state index contributed by atoms with van der Waals surface area (Å²) in [7, 11) is 0. The standard InChI is InChI=1S/C16H30N2/c1-2-5-15-6-3-4-11-18(15)13-14-12-16(14)7-9-17-10-8-16/h14-15,17H,2-13H2,1H3. The van der Waals surface area contributed by atoms with Crippen LogP contribution in [-0.2, 0) is 0 Å². The third-order valence-corrected chi connectivity index (χ3v) is 5.78. The average molecular weight is 250 g/mol. The van der Waals surface area contributed by atoms with Crippen LogP contribution in [0.2, 0.25) is 0 Å². The van der Waals surface area contributed by atoms with Crippen LogP contribution in [0.4, 0.5) is 0 Å². The zero-order chi connectivity index (χ0) is 12.4. The highest BCUT2D eigenvalue weighted by atomic mass is 15.2. The Morgan fingerprint density at radius 2 is 2.06 bits per heavy atom. The molecule has 2 aliphatic heterocycles. The van der Waals surface area contributed by atoms with Gasteiger partial charge in [-0.05, 0) is 69.5 Å². The summed E-state index contributed by atoms with van der Waals surface area (Å²) < 4.78 is 0. The Kier molecular flexibility index (Phi) is 3.95. The van der Waals surface area contributed by atoms with Crippen LogP contribution in [0, 0.1) is 11.3 Å². The monoisotopic (exact) mass is 250 g/mol. The molecule has 0 aromatic carbocycles. The second-order valence-corrected chi connectivity index (χ2v) is 6.95. The Morgan fingerprint density at radius 1 is 1.22 bits per heavy atom. The molecule has 3 fully saturated rings. The van der Waals surface area contributed by atoms with E-state index in [4.69, 9.17) is 0 Å². The second-order valence-electron chi connectivity index (χ2n) is 6.95. The molecule has 104 valence electrons. The predicted molar refractivity (Wildman–Crippen MR) is 76.8 cm³/mol. The second kappa shape index (κ2) is 5.50. The molecule has 3 aliphatic rings. The van der Waals surface area contributed by atoms with E-state index < -0.39 is 0 Å². The number of hydrogen-bond acceptors (Lipinski definition) is 2. The molecule has 3 rings (SSSR count). The van der Waals surface area contributed by atoms with Gasteiger partial charge in [-0.15, -0.1) is 0 Å². The van der Waals surface area contributed by atoms with Crippen molar-refractivity contribution in [1.29, 1.82) is 0 Å². The fraction of sp³-hybridized carbons (Fsp3) is 1.00. The molecule has 2 nitrogen and oxygen atoms in total. The number of piperidine rings is 2. The van der Waals surface area contributed by atoms with Gasteiger partial charge in [0.15, 0.2) is 0 Å². The normalized spacial score (nSPS) is 35.8. The van der Waals surface area contributed by atoms with Crippen LogP contribution in [0.15, 0.2) is 0 Å². The fourth-order valence-corrected chi connectivity index (χ4v) is 4.47. The summed E-state index contributed by atoms with van der Waals surface area (Å²) in [4.78, 5) is 2.86. The van der Waals surface area contributed by atoms with E-state index in [1.807, 2.05) is 0 Å². The highest BCUT2D eigenvalue weighted by molar-refractivity contribution is 5.05. The molecule has 18 heavy (non-hydrogen) atoms. The molecule has 1 spiro atoms. The highest BCUT2D eigenvalue weighted by Gasteiger charge is 2.54. The first-order valence-corrected chi connectivity index (χ1v) is 8.29. The first-order chi connectivity index (χ1) is 8.84. The van der Waals surface area contributed by atoms with E-state index in [2.05, 4.69) is 17.1 Å². The minimum atomic E-state index is 0.777. The van der Waals surface area contributed by atoms with Crippen molar-refractivity contribution in [1.82, 2.24) is 10.2 Å². The van der Waals surface area contributed by atoms with E-state index in [9.17, 15) is 0 Å². The highest BCUT2D eigenvalue weighted by Crippen LogP contribution is 2.58. The molecular formula is C16H30N2. The summed E-state index contributed by atoms with van der Waals surface area (Å²) in [5, 5.41) is 3.52. The maximum absolute atomic E-state index is 3.52. The van der Waals surface area contributed by atoms with Crippen LogP contribution in [0.1, 0.15) is 58.3 Å². The minimum Gasteiger partial charge on any atom is -0.317 e. The Balaban J connectivity index is 1.52. The van der Waals surface area contributed by atoms with Crippen LogP contribution in [0.5, 0.6) is 0 Å². The third-order valence-electron chi connectivity index (χ3n) is 5.78. The summed E-state index contributed by atoms with van der Waals surface area (Å²) in [6.07, 6.45) is 11.6. The molecule has 2 heteroatoms. The fourth-order valence-electron chi connectivity index (χ4n) is 4.47. The lowest BCUT2D eigenvalue weighted by molar-refractivity contribution is 0.123. The molecule has 1 aliphatic carbocycles. The van der Waals surface area contributed by atoms with Crippen LogP contribution in [0.3, 0.4) is 0 Å². The molecule has 1 N–H and O–H groups in total. The molecule has 0 radical (unpaired) electrons. The smallest absolute Gasteiger partial charge is 0.00952 e. The first-order valence-electron chi connectivity index (χ1n) is 8.29. The number of rotatable bonds is 4. The summed E-state index contributed by atoms with van der Waals surface area (Å²) >= 11 is 0. The van der Waals surface area contributed by atoms with E-state index in [-0.39, 0.29) is 0 Å². The number of likely N-dealkylation sites (tertiary alicyclic amines) is 1. The molecule has 2 heterocycles.